The lowest BCUT2D eigenvalue weighted by Gasteiger charge is -2.23. The summed E-state index contributed by atoms with van der Waals surface area (Å²) >= 11 is 0. The summed E-state index contributed by atoms with van der Waals surface area (Å²) < 4.78 is 26.3. The van der Waals surface area contributed by atoms with E-state index < -0.39 is 28.0 Å². The Hall–Kier alpha value is -2.19. The number of carboxylic acids is 1. The van der Waals surface area contributed by atoms with Crippen molar-refractivity contribution >= 4 is 21.9 Å². The molecule has 0 aromatic heterocycles. The van der Waals surface area contributed by atoms with Gasteiger partial charge in [0.1, 0.15) is 0 Å². The minimum absolute atomic E-state index is 0.0544. The summed E-state index contributed by atoms with van der Waals surface area (Å²) in [5, 5.41) is 9.13. The Labute approximate surface area is 141 Å². The molecular formula is C16H20N2O5S. The molecule has 2 unspecified atom stereocenters. The monoisotopic (exact) mass is 352 g/mol. The number of hydrogen-bond donors (Lipinski definition) is 2. The van der Waals surface area contributed by atoms with Gasteiger partial charge in [-0.15, -0.1) is 6.58 Å². The highest BCUT2D eigenvalue weighted by Gasteiger charge is 2.38. The van der Waals surface area contributed by atoms with Crippen LogP contribution in [0.4, 0.5) is 0 Å². The molecule has 1 amide bonds. The summed E-state index contributed by atoms with van der Waals surface area (Å²) in [5.74, 6) is -1.78. The third-order valence-corrected chi connectivity index (χ3v) is 5.60. The molecule has 0 saturated carbocycles. The van der Waals surface area contributed by atoms with Crippen LogP contribution in [0.3, 0.4) is 0 Å². The van der Waals surface area contributed by atoms with Crippen LogP contribution < -0.4 is 4.72 Å². The lowest BCUT2D eigenvalue weighted by molar-refractivity contribution is -0.142. The Kier molecular flexibility index (Phi) is 5.40. The van der Waals surface area contributed by atoms with Gasteiger partial charge in [-0.1, -0.05) is 6.08 Å². The molecule has 0 spiro atoms. The molecule has 0 aliphatic carbocycles. The highest BCUT2D eigenvalue weighted by Crippen LogP contribution is 2.26. The number of sulfonamides is 1. The standard InChI is InChI=1S/C16H20N2O5S/c1-3-9-17-24(22,23)13-6-4-12(5-7-13)15(19)18-10-8-14(11(18)2)16(20)21/h3-7,11,14,17H,1,8-10H2,2H3,(H,20,21). The van der Waals surface area contributed by atoms with Gasteiger partial charge in [0.2, 0.25) is 10.0 Å². The zero-order valence-electron chi connectivity index (χ0n) is 13.3. The molecule has 1 aliphatic heterocycles. The van der Waals surface area contributed by atoms with Gasteiger partial charge in [-0.05, 0) is 37.6 Å². The summed E-state index contributed by atoms with van der Waals surface area (Å²) in [7, 11) is -3.64. The van der Waals surface area contributed by atoms with Crippen molar-refractivity contribution in [2.45, 2.75) is 24.3 Å². The van der Waals surface area contributed by atoms with Crippen LogP contribution >= 0.6 is 0 Å². The molecule has 130 valence electrons. The van der Waals surface area contributed by atoms with E-state index in [0.29, 0.717) is 18.5 Å². The van der Waals surface area contributed by atoms with Crippen LogP contribution in [-0.4, -0.2) is 49.4 Å². The van der Waals surface area contributed by atoms with Crippen molar-refractivity contribution < 1.29 is 23.1 Å². The summed E-state index contributed by atoms with van der Waals surface area (Å²) in [6.07, 6.45) is 1.85. The molecule has 24 heavy (non-hydrogen) atoms. The lowest BCUT2D eigenvalue weighted by atomic mass is 10.0. The Bertz CT molecular complexity index is 742. The molecule has 1 saturated heterocycles. The first-order valence-corrected chi connectivity index (χ1v) is 9.00. The molecule has 1 fully saturated rings. The normalized spacial score (nSPS) is 20.8. The number of amides is 1. The van der Waals surface area contributed by atoms with E-state index in [9.17, 15) is 18.0 Å². The Morgan fingerprint density at radius 1 is 1.38 bits per heavy atom. The molecule has 1 aromatic carbocycles. The Morgan fingerprint density at radius 3 is 2.50 bits per heavy atom. The predicted molar refractivity (Wildman–Crippen MR) is 88.1 cm³/mol. The smallest absolute Gasteiger partial charge is 0.308 e. The number of rotatable bonds is 6. The summed E-state index contributed by atoms with van der Waals surface area (Å²) in [6.45, 7) is 5.64. The second kappa shape index (κ2) is 7.14. The van der Waals surface area contributed by atoms with Crippen LogP contribution in [0, 0.1) is 5.92 Å². The number of nitrogens with one attached hydrogen (secondary N) is 1. The summed E-state index contributed by atoms with van der Waals surface area (Å²) in [6, 6.07) is 5.19. The molecule has 2 N–H and O–H groups in total. The molecule has 7 nitrogen and oxygen atoms in total. The van der Waals surface area contributed by atoms with Crippen LogP contribution in [0.15, 0.2) is 41.8 Å². The molecule has 2 rings (SSSR count). The van der Waals surface area contributed by atoms with Gasteiger partial charge in [0.25, 0.3) is 5.91 Å². The van der Waals surface area contributed by atoms with Crippen molar-refractivity contribution in [3.63, 3.8) is 0 Å². The number of carbonyl (C=O) groups is 2. The molecule has 1 heterocycles. The van der Waals surface area contributed by atoms with E-state index in [0.717, 1.165) is 0 Å². The minimum Gasteiger partial charge on any atom is -0.481 e. The van der Waals surface area contributed by atoms with Crippen molar-refractivity contribution in [1.82, 2.24) is 9.62 Å². The van der Waals surface area contributed by atoms with Gasteiger partial charge < -0.3 is 10.0 Å². The number of nitrogens with zero attached hydrogens (tertiary/aromatic N) is 1. The van der Waals surface area contributed by atoms with E-state index in [4.69, 9.17) is 5.11 Å². The van der Waals surface area contributed by atoms with Gasteiger partial charge in [-0.25, -0.2) is 13.1 Å². The molecule has 0 radical (unpaired) electrons. The highest BCUT2D eigenvalue weighted by atomic mass is 32.2. The third-order valence-electron chi connectivity index (χ3n) is 4.16. The van der Waals surface area contributed by atoms with Crippen LogP contribution in [0.5, 0.6) is 0 Å². The number of aliphatic carboxylic acids is 1. The Balaban J connectivity index is 2.15. The van der Waals surface area contributed by atoms with E-state index in [-0.39, 0.29) is 17.3 Å². The van der Waals surface area contributed by atoms with Crippen LogP contribution in [-0.2, 0) is 14.8 Å². The predicted octanol–water partition coefficient (Wildman–Crippen LogP) is 1.09. The van der Waals surface area contributed by atoms with Gasteiger partial charge in [-0.2, -0.15) is 0 Å². The van der Waals surface area contributed by atoms with Crippen molar-refractivity contribution in [2.24, 2.45) is 5.92 Å². The van der Waals surface area contributed by atoms with Crippen LogP contribution in [0.25, 0.3) is 0 Å². The highest BCUT2D eigenvalue weighted by molar-refractivity contribution is 7.89. The van der Waals surface area contributed by atoms with Crippen molar-refractivity contribution in [1.29, 1.82) is 0 Å². The number of likely N-dealkylation sites (tertiary alicyclic amines) is 1. The largest absolute Gasteiger partial charge is 0.481 e. The van der Waals surface area contributed by atoms with Gasteiger partial charge in [0.15, 0.2) is 0 Å². The Morgan fingerprint density at radius 2 is 2.00 bits per heavy atom. The van der Waals surface area contributed by atoms with Gasteiger partial charge in [0, 0.05) is 24.7 Å². The number of carboxylic acid groups (broad SMARTS) is 1. The molecule has 2 atom stereocenters. The van der Waals surface area contributed by atoms with E-state index in [1.54, 1.807) is 6.92 Å². The average Bonchev–Trinajstić information content (AvgIpc) is 2.94. The van der Waals surface area contributed by atoms with E-state index in [1.165, 1.54) is 35.2 Å². The van der Waals surface area contributed by atoms with Gasteiger partial charge in [-0.3, -0.25) is 9.59 Å². The molecule has 1 aromatic rings. The first-order valence-electron chi connectivity index (χ1n) is 7.52. The van der Waals surface area contributed by atoms with Gasteiger partial charge in [0.05, 0.1) is 10.8 Å². The maximum Gasteiger partial charge on any atom is 0.308 e. The fourth-order valence-corrected chi connectivity index (χ4v) is 3.75. The van der Waals surface area contributed by atoms with Crippen LogP contribution in [0.1, 0.15) is 23.7 Å². The molecule has 8 heteroatoms. The molecular weight excluding hydrogens is 332 g/mol. The summed E-state index contributed by atoms with van der Waals surface area (Å²) in [5.41, 5.74) is 0.329. The maximum absolute atomic E-state index is 12.5. The van der Waals surface area contributed by atoms with Crippen molar-refractivity contribution in [2.75, 3.05) is 13.1 Å². The topological polar surface area (TPSA) is 104 Å². The number of benzene rings is 1. The quantitative estimate of drug-likeness (QED) is 0.746. The van der Waals surface area contributed by atoms with E-state index >= 15 is 0 Å². The molecule has 1 aliphatic rings. The van der Waals surface area contributed by atoms with E-state index in [1.807, 2.05) is 0 Å². The van der Waals surface area contributed by atoms with Crippen molar-refractivity contribution in [3.05, 3.63) is 42.5 Å². The van der Waals surface area contributed by atoms with Gasteiger partial charge >= 0.3 is 5.97 Å². The second-order valence-corrected chi connectivity index (χ2v) is 7.40. The number of hydrogen-bond acceptors (Lipinski definition) is 4. The zero-order chi connectivity index (χ0) is 17.9. The molecule has 0 bridgehead atoms. The first-order chi connectivity index (χ1) is 11.3. The lowest BCUT2D eigenvalue weighted by Crippen LogP contribution is -2.37. The summed E-state index contributed by atoms with van der Waals surface area (Å²) in [4.78, 5) is 25.2. The zero-order valence-corrected chi connectivity index (χ0v) is 14.1. The fourth-order valence-electron chi connectivity index (χ4n) is 2.75. The second-order valence-electron chi connectivity index (χ2n) is 5.64. The van der Waals surface area contributed by atoms with E-state index in [2.05, 4.69) is 11.3 Å². The number of carbonyl (C=O) groups excluding carboxylic acids is 1. The average molecular weight is 352 g/mol. The van der Waals surface area contributed by atoms with Crippen LogP contribution in [0.2, 0.25) is 0 Å². The minimum atomic E-state index is -3.64. The third kappa shape index (κ3) is 3.65. The SMILES string of the molecule is C=CCNS(=O)(=O)c1ccc(C(=O)N2CCC(C(=O)O)C2C)cc1. The maximum atomic E-state index is 12.5. The first kappa shape index (κ1) is 18.2. The fraction of sp³-hybridized carbons (Fsp3) is 0.375. The van der Waals surface area contributed by atoms with Crippen molar-refractivity contribution in [3.8, 4) is 0 Å².